The Morgan fingerprint density at radius 3 is 2.27 bits per heavy atom. The summed E-state index contributed by atoms with van der Waals surface area (Å²) in [6.45, 7) is 11.3. The zero-order valence-electron chi connectivity index (χ0n) is 19.8. The molecule has 0 aliphatic heterocycles. The van der Waals surface area contributed by atoms with Crippen molar-refractivity contribution >= 4 is 29.9 Å². The first kappa shape index (κ1) is 26.4. The minimum absolute atomic E-state index is 0. The number of nitrogens with one attached hydrogen (secondary N) is 1. The fraction of sp³-hybridized carbons (Fsp3) is 0.565. The molecule has 1 aromatic carbocycles. The van der Waals surface area contributed by atoms with E-state index in [-0.39, 0.29) is 24.0 Å². The van der Waals surface area contributed by atoms with Gasteiger partial charge in [0.05, 0.1) is 5.69 Å². The van der Waals surface area contributed by atoms with Crippen molar-refractivity contribution in [2.24, 2.45) is 12.0 Å². The van der Waals surface area contributed by atoms with Crippen LogP contribution in [-0.4, -0.2) is 52.7 Å². The molecular formula is C23H39IN6. The van der Waals surface area contributed by atoms with Gasteiger partial charge in [0.2, 0.25) is 0 Å². The Morgan fingerprint density at radius 2 is 1.70 bits per heavy atom. The zero-order chi connectivity index (χ0) is 21.6. The van der Waals surface area contributed by atoms with Crippen LogP contribution in [0.2, 0.25) is 0 Å². The van der Waals surface area contributed by atoms with Gasteiger partial charge in [-0.15, -0.1) is 24.0 Å². The van der Waals surface area contributed by atoms with E-state index in [0.29, 0.717) is 12.0 Å². The number of hydrogen-bond acceptors (Lipinski definition) is 3. The molecule has 0 bridgehead atoms. The third-order valence-electron chi connectivity index (χ3n) is 5.32. The van der Waals surface area contributed by atoms with Gasteiger partial charge < -0.3 is 10.2 Å². The van der Waals surface area contributed by atoms with E-state index in [0.717, 1.165) is 31.3 Å². The Kier molecular flexibility index (Phi) is 10.8. The maximum atomic E-state index is 4.62. The molecule has 0 aliphatic carbocycles. The number of nitrogens with zero attached hydrogens (tertiary/aromatic N) is 5. The molecule has 30 heavy (non-hydrogen) atoms. The summed E-state index contributed by atoms with van der Waals surface area (Å²) in [4.78, 5) is 9.01. The maximum absolute atomic E-state index is 4.62. The molecule has 168 valence electrons. The van der Waals surface area contributed by atoms with Gasteiger partial charge in [-0.05, 0) is 37.9 Å². The number of benzene rings is 1. The number of aryl methyl sites for hydroxylation is 1. The van der Waals surface area contributed by atoms with E-state index in [4.69, 9.17) is 0 Å². The molecule has 0 spiro atoms. The highest BCUT2D eigenvalue weighted by atomic mass is 127. The predicted octanol–water partition coefficient (Wildman–Crippen LogP) is 4.21. The van der Waals surface area contributed by atoms with Gasteiger partial charge in [0.25, 0.3) is 0 Å². The second kappa shape index (κ2) is 12.3. The molecule has 0 fully saturated rings. The van der Waals surface area contributed by atoms with E-state index in [1.807, 2.05) is 18.8 Å². The summed E-state index contributed by atoms with van der Waals surface area (Å²) in [5, 5.41) is 8.15. The molecule has 1 aromatic heterocycles. The topological polar surface area (TPSA) is 48.7 Å². The highest BCUT2D eigenvalue weighted by Crippen LogP contribution is 2.19. The Morgan fingerprint density at radius 1 is 1.07 bits per heavy atom. The summed E-state index contributed by atoms with van der Waals surface area (Å²) in [6.07, 6.45) is 2.11. The van der Waals surface area contributed by atoms with Crippen molar-refractivity contribution in [2.45, 2.75) is 59.3 Å². The molecule has 0 saturated heterocycles. The molecule has 0 saturated carbocycles. The van der Waals surface area contributed by atoms with Gasteiger partial charge in [-0.2, -0.15) is 5.10 Å². The van der Waals surface area contributed by atoms with E-state index >= 15 is 0 Å². The lowest BCUT2D eigenvalue weighted by Gasteiger charge is -2.25. The van der Waals surface area contributed by atoms with E-state index < -0.39 is 0 Å². The van der Waals surface area contributed by atoms with E-state index in [2.05, 4.69) is 97.5 Å². The van der Waals surface area contributed by atoms with Crippen LogP contribution < -0.4 is 5.32 Å². The average Bonchev–Trinajstić information content (AvgIpc) is 3.03. The number of halogens is 1. The van der Waals surface area contributed by atoms with Gasteiger partial charge in [-0.1, -0.05) is 38.1 Å². The number of aliphatic imine (C=N–C) groups is 1. The second-order valence-corrected chi connectivity index (χ2v) is 8.40. The van der Waals surface area contributed by atoms with Crippen LogP contribution in [0.15, 0.2) is 35.5 Å². The first-order valence-corrected chi connectivity index (χ1v) is 10.4. The van der Waals surface area contributed by atoms with Crippen molar-refractivity contribution in [1.29, 1.82) is 0 Å². The Bertz CT molecular complexity index is 812. The number of aromatic nitrogens is 2. The highest BCUT2D eigenvalue weighted by molar-refractivity contribution is 14.0. The first-order valence-electron chi connectivity index (χ1n) is 10.4. The summed E-state index contributed by atoms with van der Waals surface area (Å²) >= 11 is 0. The van der Waals surface area contributed by atoms with Gasteiger partial charge in [0.1, 0.15) is 0 Å². The van der Waals surface area contributed by atoms with Crippen LogP contribution in [0.5, 0.6) is 0 Å². The maximum Gasteiger partial charge on any atom is 0.193 e. The Balaban J connectivity index is 0.00000450. The van der Waals surface area contributed by atoms with Crippen molar-refractivity contribution in [3.63, 3.8) is 0 Å². The van der Waals surface area contributed by atoms with E-state index in [1.54, 1.807) is 0 Å². The average molecular weight is 527 g/mol. The smallest absolute Gasteiger partial charge is 0.193 e. The third kappa shape index (κ3) is 7.27. The fourth-order valence-electron chi connectivity index (χ4n) is 3.39. The van der Waals surface area contributed by atoms with Gasteiger partial charge in [-0.25, -0.2) is 0 Å². The van der Waals surface area contributed by atoms with Crippen LogP contribution >= 0.6 is 24.0 Å². The molecule has 0 radical (unpaired) electrons. The van der Waals surface area contributed by atoms with Crippen LogP contribution in [-0.2, 0) is 26.7 Å². The SMILES string of the molecule is CN=C(NCc1ccccc1CN(C)C(C)C)N(C)Cc1cn(C)nc1C(C)C.I. The van der Waals surface area contributed by atoms with Gasteiger partial charge >= 0.3 is 0 Å². The lowest BCUT2D eigenvalue weighted by Crippen LogP contribution is -2.38. The summed E-state index contributed by atoms with van der Waals surface area (Å²) in [7, 11) is 8.06. The van der Waals surface area contributed by atoms with Crippen LogP contribution in [0, 0.1) is 0 Å². The lowest BCUT2D eigenvalue weighted by atomic mass is 10.1. The molecule has 0 atom stereocenters. The van der Waals surface area contributed by atoms with Crippen LogP contribution in [0.4, 0.5) is 0 Å². The van der Waals surface area contributed by atoms with Crippen molar-refractivity contribution in [2.75, 3.05) is 21.1 Å². The summed E-state index contributed by atoms with van der Waals surface area (Å²) in [5.41, 5.74) is 5.05. The molecule has 0 amide bonds. The summed E-state index contributed by atoms with van der Waals surface area (Å²) in [6, 6.07) is 9.15. The van der Waals surface area contributed by atoms with Crippen molar-refractivity contribution in [3.8, 4) is 0 Å². The van der Waals surface area contributed by atoms with Gasteiger partial charge in [-0.3, -0.25) is 14.6 Å². The van der Waals surface area contributed by atoms with Gasteiger partial charge in [0.15, 0.2) is 5.96 Å². The fourth-order valence-corrected chi connectivity index (χ4v) is 3.39. The molecule has 2 rings (SSSR count). The molecule has 0 aliphatic rings. The lowest BCUT2D eigenvalue weighted by molar-refractivity contribution is 0.265. The van der Waals surface area contributed by atoms with Crippen LogP contribution in [0.1, 0.15) is 56.0 Å². The van der Waals surface area contributed by atoms with Crippen LogP contribution in [0.3, 0.4) is 0 Å². The first-order chi connectivity index (χ1) is 13.7. The summed E-state index contributed by atoms with van der Waals surface area (Å²) < 4.78 is 1.90. The number of hydrogen-bond donors (Lipinski definition) is 1. The molecule has 6 nitrogen and oxygen atoms in total. The Labute approximate surface area is 199 Å². The van der Waals surface area contributed by atoms with Crippen molar-refractivity contribution in [3.05, 3.63) is 52.8 Å². The molecule has 0 unspecified atom stereocenters. The standard InChI is InChI=1S/C23H38N6.HI/c1-17(2)22-21(16-29(8)26-22)15-28(7)23(24-5)25-13-19-11-9-10-12-20(19)14-27(6)18(3)4;/h9-12,16-18H,13-15H2,1-8H3,(H,24,25);1H. The van der Waals surface area contributed by atoms with Crippen molar-refractivity contribution < 1.29 is 0 Å². The van der Waals surface area contributed by atoms with Crippen LogP contribution in [0.25, 0.3) is 0 Å². The molecule has 7 heteroatoms. The number of rotatable bonds is 8. The van der Waals surface area contributed by atoms with Crippen molar-refractivity contribution in [1.82, 2.24) is 24.9 Å². The minimum atomic E-state index is 0. The normalized spacial score (nSPS) is 11.9. The Hall–Kier alpha value is -1.61. The minimum Gasteiger partial charge on any atom is -0.352 e. The highest BCUT2D eigenvalue weighted by Gasteiger charge is 2.15. The van der Waals surface area contributed by atoms with E-state index in [1.165, 1.54) is 16.7 Å². The summed E-state index contributed by atoms with van der Waals surface area (Å²) in [5.74, 6) is 1.29. The molecular weight excluding hydrogens is 487 g/mol. The number of guanidine groups is 1. The monoisotopic (exact) mass is 526 g/mol. The third-order valence-corrected chi connectivity index (χ3v) is 5.32. The van der Waals surface area contributed by atoms with Gasteiger partial charge in [0, 0.05) is 58.6 Å². The quantitative estimate of drug-likeness (QED) is 0.318. The molecule has 1 N–H and O–H groups in total. The molecule has 2 aromatic rings. The molecule has 1 heterocycles. The largest absolute Gasteiger partial charge is 0.352 e. The van der Waals surface area contributed by atoms with E-state index in [9.17, 15) is 0 Å². The second-order valence-electron chi connectivity index (χ2n) is 8.40. The zero-order valence-corrected chi connectivity index (χ0v) is 22.1. The predicted molar refractivity (Wildman–Crippen MR) is 137 cm³/mol.